The Morgan fingerprint density at radius 1 is 1.00 bits per heavy atom. The molecule has 2 aromatic heterocycles. The molecule has 2 aliphatic rings. The third-order valence-corrected chi connectivity index (χ3v) is 7.73. The summed E-state index contributed by atoms with van der Waals surface area (Å²) in [5.41, 5.74) is 1.24. The highest BCUT2D eigenvalue weighted by molar-refractivity contribution is 6.05. The summed E-state index contributed by atoms with van der Waals surface area (Å²) in [5, 5.41) is 0.861. The summed E-state index contributed by atoms with van der Waals surface area (Å²) < 4.78 is 12.4. The molecule has 0 radical (unpaired) electrons. The van der Waals surface area contributed by atoms with Gasteiger partial charge in [0.25, 0.3) is 11.5 Å². The Hall–Kier alpha value is -3.55. The second kappa shape index (κ2) is 12.3. The Balaban J connectivity index is 0.00000336. The van der Waals surface area contributed by atoms with Crippen LogP contribution in [0.15, 0.2) is 51.9 Å². The summed E-state index contributed by atoms with van der Waals surface area (Å²) in [5.74, 6) is 0.184. The highest BCUT2D eigenvalue weighted by Gasteiger charge is 2.31. The maximum Gasteiger partial charge on any atom is 0.345 e. The fraction of sp³-hybridized carbons (Fsp3) is 0.500. The molecule has 1 aromatic carbocycles. The van der Waals surface area contributed by atoms with Crippen molar-refractivity contribution in [1.82, 2.24) is 9.47 Å². The van der Waals surface area contributed by atoms with Crippen molar-refractivity contribution in [2.24, 2.45) is 5.92 Å². The fourth-order valence-corrected chi connectivity index (χ4v) is 5.80. The average Bonchev–Trinajstić information content (AvgIpc) is 3.47. The first-order valence-corrected chi connectivity index (χ1v) is 13.5. The fourth-order valence-electron chi connectivity index (χ4n) is 5.80. The monoisotopic (exact) mass is 521 g/mol. The van der Waals surface area contributed by atoms with Gasteiger partial charge in [0.05, 0.1) is 24.1 Å². The molecule has 8 nitrogen and oxygen atoms in total. The molecule has 1 aliphatic heterocycles. The van der Waals surface area contributed by atoms with Crippen LogP contribution in [0, 0.1) is 5.92 Å². The van der Waals surface area contributed by atoms with Crippen LogP contribution in [0.2, 0.25) is 0 Å². The normalized spacial score (nSPS) is 16.3. The molecule has 3 heterocycles. The van der Waals surface area contributed by atoms with Gasteiger partial charge in [-0.3, -0.25) is 9.59 Å². The van der Waals surface area contributed by atoms with Crippen LogP contribution in [0.1, 0.15) is 73.8 Å². The van der Waals surface area contributed by atoms with E-state index in [4.69, 9.17) is 9.15 Å². The number of esters is 1. The predicted molar refractivity (Wildman–Crippen MR) is 149 cm³/mol. The number of piperazine rings is 1. The summed E-state index contributed by atoms with van der Waals surface area (Å²) in [6, 6.07) is 11.2. The van der Waals surface area contributed by atoms with E-state index in [0.717, 1.165) is 17.3 Å². The quantitative estimate of drug-likeness (QED) is 0.390. The van der Waals surface area contributed by atoms with Crippen LogP contribution in [0.4, 0.5) is 5.69 Å². The Kier molecular flexibility index (Phi) is 8.92. The van der Waals surface area contributed by atoms with Crippen LogP contribution in [0.25, 0.3) is 10.9 Å². The minimum Gasteiger partial charge on any atom is -0.462 e. The molecule has 8 heteroatoms. The van der Waals surface area contributed by atoms with Gasteiger partial charge in [-0.15, -0.1) is 0 Å². The zero-order valence-electron chi connectivity index (χ0n) is 21.5. The molecule has 1 amide bonds. The van der Waals surface area contributed by atoms with E-state index >= 15 is 0 Å². The number of para-hydroxylation sites is 1. The molecule has 0 atom stereocenters. The zero-order chi connectivity index (χ0) is 25.8. The summed E-state index contributed by atoms with van der Waals surface area (Å²) in [4.78, 5) is 43.7. The Morgan fingerprint density at radius 3 is 2.42 bits per heavy atom. The Labute approximate surface area is 224 Å². The minimum absolute atomic E-state index is 0. The molecule has 3 aromatic rings. The van der Waals surface area contributed by atoms with Gasteiger partial charge in [-0.05, 0) is 37.5 Å². The average molecular weight is 522 g/mol. The molecule has 0 spiro atoms. The molecule has 0 bridgehead atoms. The Morgan fingerprint density at radius 2 is 1.74 bits per heavy atom. The number of aryl methyl sites for hydroxylation is 1. The van der Waals surface area contributed by atoms with E-state index in [1.807, 2.05) is 29.2 Å². The van der Waals surface area contributed by atoms with Gasteiger partial charge in [0.2, 0.25) is 0 Å². The largest absolute Gasteiger partial charge is 0.462 e. The maximum atomic E-state index is 13.9. The number of hydrogen-bond acceptors (Lipinski definition) is 6. The lowest BCUT2D eigenvalue weighted by Gasteiger charge is -2.37. The zero-order valence-corrected chi connectivity index (χ0v) is 21.5. The number of aromatic nitrogens is 1. The van der Waals surface area contributed by atoms with Gasteiger partial charge < -0.3 is 23.5 Å². The minimum atomic E-state index is -0.589. The lowest BCUT2D eigenvalue weighted by molar-refractivity contribution is 0.0523. The number of pyridine rings is 1. The first kappa shape index (κ1) is 27.5. The molecule has 1 aliphatic carbocycles. The number of benzene rings is 1. The van der Waals surface area contributed by atoms with Crippen molar-refractivity contribution in [2.75, 3.05) is 37.7 Å². The van der Waals surface area contributed by atoms with Gasteiger partial charge in [-0.2, -0.15) is 0 Å². The third kappa shape index (κ3) is 5.49. The van der Waals surface area contributed by atoms with E-state index in [-0.39, 0.29) is 31.1 Å². The van der Waals surface area contributed by atoms with Crippen LogP contribution < -0.4 is 10.5 Å². The first-order valence-electron chi connectivity index (χ1n) is 13.5. The number of nitrogens with zero attached hydrogens (tertiary/aromatic N) is 3. The number of amides is 1. The van der Waals surface area contributed by atoms with Crippen LogP contribution >= 0.6 is 0 Å². The van der Waals surface area contributed by atoms with Gasteiger partial charge in [-0.25, -0.2) is 4.79 Å². The van der Waals surface area contributed by atoms with Gasteiger partial charge in [0, 0.05) is 38.1 Å². The number of carbonyl (C=O) groups excluding carboxylic acids is 2. The third-order valence-electron chi connectivity index (χ3n) is 7.73. The summed E-state index contributed by atoms with van der Waals surface area (Å²) in [6.45, 7) is 4.43. The van der Waals surface area contributed by atoms with Gasteiger partial charge in [0.1, 0.15) is 5.56 Å². The van der Waals surface area contributed by atoms with Gasteiger partial charge in [0.15, 0.2) is 5.76 Å². The standard InChI is InChI=1S/C29H35N3O5.CH4/c1-2-36-29(35)25-26(30-16-18-31(19-17-30)27(33)24-13-8-20-37-24)22-11-6-7-12-23(22)32(28(25)34)15-14-21-9-4-3-5-10-21;/h6-8,11-13,20-21H,2-5,9-10,14-19H2,1H3;1H4. The number of rotatable bonds is 7. The SMILES string of the molecule is C.CCOC(=O)c1c(N2CCN(C(=O)c3ccco3)CC2)c2ccccc2n(CCC2CCCCC2)c1=O. The second-order valence-corrected chi connectivity index (χ2v) is 9.97. The lowest BCUT2D eigenvalue weighted by Crippen LogP contribution is -2.49. The molecular weight excluding hydrogens is 482 g/mol. The number of furan rings is 1. The van der Waals surface area contributed by atoms with E-state index < -0.39 is 5.97 Å². The molecule has 5 rings (SSSR count). The number of fused-ring (bicyclic) bond motifs is 1. The number of ether oxygens (including phenoxy) is 1. The first-order chi connectivity index (χ1) is 18.1. The molecule has 0 unspecified atom stereocenters. The van der Waals surface area contributed by atoms with Crippen LogP contribution in [-0.2, 0) is 11.3 Å². The lowest BCUT2D eigenvalue weighted by atomic mass is 9.87. The maximum absolute atomic E-state index is 13.9. The van der Waals surface area contributed by atoms with Crippen molar-refractivity contribution in [1.29, 1.82) is 0 Å². The van der Waals surface area contributed by atoms with Gasteiger partial charge in [-0.1, -0.05) is 57.7 Å². The van der Waals surface area contributed by atoms with E-state index in [9.17, 15) is 14.4 Å². The molecular formula is C30H39N3O5. The van der Waals surface area contributed by atoms with E-state index in [0.29, 0.717) is 50.1 Å². The van der Waals surface area contributed by atoms with Crippen molar-refractivity contribution in [3.8, 4) is 0 Å². The van der Waals surface area contributed by atoms with E-state index in [1.54, 1.807) is 28.5 Å². The predicted octanol–water partition coefficient (Wildman–Crippen LogP) is 5.34. The van der Waals surface area contributed by atoms with Crippen LogP contribution in [0.3, 0.4) is 0 Å². The van der Waals surface area contributed by atoms with E-state index in [1.165, 1.54) is 38.4 Å². The summed E-state index contributed by atoms with van der Waals surface area (Å²) in [7, 11) is 0. The topological polar surface area (TPSA) is 85.0 Å². The molecule has 1 saturated heterocycles. The number of carbonyl (C=O) groups is 2. The molecule has 1 saturated carbocycles. The van der Waals surface area contributed by atoms with Gasteiger partial charge >= 0.3 is 5.97 Å². The van der Waals surface area contributed by atoms with E-state index in [2.05, 4.69) is 0 Å². The molecule has 0 N–H and O–H groups in total. The van der Waals surface area contributed by atoms with Crippen molar-refractivity contribution in [3.63, 3.8) is 0 Å². The number of anilines is 1. The van der Waals surface area contributed by atoms with Crippen molar-refractivity contribution >= 4 is 28.5 Å². The number of hydrogen-bond donors (Lipinski definition) is 0. The highest BCUT2D eigenvalue weighted by atomic mass is 16.5. The van der Waals surface area contributed by atoms with Crippen molar-refractivity contribution < 1.29 is 18.7 Å². The van der Waals surface area contributed by atoms with Crippen molar-refractivity contribution in [2.45, 2.75) is 59.4 Å². The molecule has 204 valence electrons. The summed E-state index contributed by atoms with van der Waals surface area (Å²) >= 11 is 0. The summed E-state index contributed by atoms with van der Waals surface area (Å²) in [6.07, 6.45) is 8.63. The van der Waals surface area contributed by atoms with Crippen molar-refractivity contribution in [3.05, 3.63) is 64.3 Å². The smallest absolute Gasteiger partial charge is 0.345 e. The molecule has 2 fully saturated rings. The Bertz CT molecular complexity index is 1300. The highest BCUT2D eigenvalue weighted by Crippen LogP contribution is 2.32. The van der Waals surface area contributed by atoms with Crippen LogP contribution in [0.5, 0.6) is 0 Å². The van der Waals surface area contributed by atoms with Crippen LogP contribution in [-0.4, -0.2) is 54.1 Å². The second-order valence-electron chi connectivity index (χ2n) is 9.97. The molecule has 38 heavy (non-hydrogen) atoms.